The second kappa shape index (κ2) is 6.49. The fraction of sp³-hybridized carbons (Fsp3) is 0.368. The molecule has 4 rings (SSSR count). The van der Waals surface area contributed by atoms with Crippen LogP contribution in [0.1, 0.15) is 13.3 Å². The fourth-order valence-corrected chi connectivity index (χ4v) is 4.01. The molecule has 0 radical (unpaired) electrons. The summed E-state index contributed by atoms with van der Waals surface area (Å²) in [5, 5.41) is 5.34. The van der Waals surface area contributed by atoms with Gasteiger partial charge in [-0.05, 0) is 43.6 Å². The molecule has 0 spiro atoms. The maximum Gasteiger partial charge on any atom is 0.162 e. The van der Waals surface area contributed by atoms with Gasteiger partial charge in [0.15, 0.2) is 5.82 Å². The Morgan fingerprint density at radius 3 is 2.92 bits per heavy atom. The lowest BCUT2D eigenvalue weighted by Gasteiger charge is -2.24. The number of hydrogen-bond acceptors (Lipinski definition) is 5. The number of hydrogen-bond donors (Lipinski definition) is 0. The zero-order valence-electron chi connectivity index (χ0n) is 14.1. The molecular weight excluding hydrogens is 316 g/mol. The molecule has 0 aliphatic carbocycles. The highest BCUT2D eigenvalue weighted by Crippen LogP contribution is 2.31. The first-order chi connectivity index (χ1) is 11.8. The van der Waals surface area contributed by atoms with E-state index in [1.165, 1.54) is 6.42 Å². The van der Waals surface area contributed by atoms with E-state index >= 15 is 0 Å². The minimum atomic E-state index is 0.605. The van der Waals surface area contributed by atoms with Gasteiger partial charge in [0.2, 0.25) is 0 Å². The van der Waals surface area contributed by atoms with Crippen LogP contribution < -0.4 is 4.90 Å². The summed E-state index contributed by atoms with van der Waals surface area (Å²) in [6, 6.07) is 11.0. The number of para-hydroxylation sites is 1. The molecule has 124 valence electrons. The number of benzene rings is 1. The standard InChI is InChI=1S/C19H22N4S/c1-3-22(2)15-8-10-23(12-15)19-16-6-4-5-7-17(16)20-18(21-19)14-9-11-24-13-14/h4-7,9,11,13,15H,3,8,10,12H2,1-2H3. The molecule has 4 nitrogen and oxygen atoms in total. The SMILES string of the molecule is CCN(C)C1CCN(c2nc(-c3ccsc3)nc3ccccc23)C1. The first kappa shape index (κ1) is 15.5. The molecule has 0 N–H and O–H groups in total. The Labute approximate surface area is 146 Å². The van der Waals surface area contributed by atoms with Crippen LogP contribution in [0.2, 0.25) is 0 Å². The summed E-state index contributed by atoms with van der Waals surface area (Å²) < 4.78 is 0. The van der Waals surface area contributed by atoms with Crippen molar-refractivity contribution >= 4 is 28.1 Å². The molecule has 1 aliphatic heterocycles. The van der Waals surface area contributed by atoms with Crippen LogP contribution in [0.15, 0.2) is 41.1 Å². The van der Waals surface area contributed by atoms with Crippen molar-refractivity contribution in [2.75, 3.05) is 31.6 Å². The molecule has 0 amide bonds. The van der Waals surface area contributed by atoms with Crippen LogP contribution in [0.4, 0.5) is 5.82 Å². The third-order valence-electron chi connectivity index (χ3n) is 4.95. The van der Waals surface area contributed by atoms with Crippen LogP contribution in [-0.4, -0.2) is 47.6 Å². The highest BCUT2D eigenvalue weighted by atomic mass is 32.1. The molecule has 0 saturated carbocycles. The van der Waals surface area contributed by atoms with E-state index in [1.54, 1.807) is 11.3 Å². The van der Waals surface area contributed by atoms with Crippen molar-refractivity contribution in [2.24, 2.45) is 0 Å². The quantitative estimate of drug-likeness (QED) is 0.722. The molecule has 1 saturated heterocycles. The van der Waals surface area contributed by atoms with Crippen LogP contribution in [-0.2, 0) is 0 Å². The van der Waals surface area contributed by atoms with Gasteiger partial charge in [-0.3, -0.25) is 0 Å². The van der Waals surface area contributed by atoms with Gasteiger partial charge in [0.25, 0.3) is 0 Å². The van der Waals surface area contributed by atoms with Crippen molar-refractivity contribution < 1.29 is 0 Å². The molecule has 1 unspecified atom stereocenters. The van der Waals surface area contributed by atoms with Crippen LogP contribution in [0.5, 0.6) is 0 Å². The second-order valence-corrected chi connectivity index (χ2v) is 7.14. The zero-order chi connectivity index (χ0) is 16.5. The molecule has 0 bridgehead atoms. The Balaban J connectivity index is 1.77. The minimum Gasteiger partial charge on any atom is -0.354 e. The number of fused-ring (bicyclic) bond motifs is 1. The number of rotatable bonds is 4. The lowest BCUT2D eigenvalue weighted by molar-refractivity contribution is 0.272. The van der Waals surface area contributed by atoms with Gasteiger partial charge in [0.1, 0.15) is 5.82 Å². The summed E-state index contributed by atoms with van der Waals surface area (Å²) in [4.78, 5) is 14.6. The summed E-state index contributed by atoms with van der Waals surface area (Å²) >= 11 is 1.68. The van der Waals surface area contributed by atoms with Gasteiger partial charge in [0.05, 0.1) is 5.52 Å². The Morgan fingerprint density at radius 1 is 1.25 bits per heavy atom. The Kier molecular flexibility index (Phi) is 4.21. The predicted molar refractivity (Wildman–Crippen MR) is 102 cm³/mol. The number of aromatic nitrogens is 2. The van der Waals surface area contributed by atoms with E-state index in [-0.39, 0.29) is 0 Å². The average molecular weight is 338 g/mol. The number of likely N-dealkylation sites (N-methyl/N-ethyl adjacent to an activating group) is 1. The van der Waals surface area contributed by atoms with Gasteiger partial charge in [-0.2, -0.15) is 11.3 Å². The van der Waals surface area contributed by atoms with Crippen molar-refractivity contribution in [2.45, 2.75) is 19.4 Å². The fourth-order valence-electron chi connectivity index (χ4n) is 3.37. The van der Waals surface area contributed by atoms with E-state index in [4.69, 9.17) is 9.97 Å². The van der Waals surface area contributed by atoms with Gasteiger partial charge in [-0.25, -0.2) is 9.97 Å². The summed E-state index contributed by atoms with van der Waals surface area (Å²) in [5.41, 5.74) is 2.13. The maximum absolute atomic E-state index is 4.95. The highest BCUT2D eigenvalue weighted by Gasteiger charge is 2.27. The van der Waals surface area contributed by atoms with Crippen molar-refractivity contribution in [3.63, 3.8) is 0 Å². The highest BCUT2D eigenvalue weighted by molar-refractivity contribution is 7.08. The minimum absolute atomic E-state index is 0.605. The molecule has 3 heterocycles. The van der Waals surface area contributed by atoms with Crippen LogP contribution in [0, 0.1) is 0 Å². The zero-order valence-corrected chi connectivity index (χ0v) is 15.0. The molecule has 1 aliphatic rings. The number of anilines is 1. The summed E-state index contributed by atoms with van der Waals surface area (Å²) in [6.45, 7) is 5.40. The van der Waals surface area contributed by atoms with E-state index in [1.807, 2.05) is 6.07 Å². The average Bonchev–Trinajstić information content (AvgIpc) is 3.32. The first-order valence-electron chi connectivity index (χ1n) is 8.51. The van der Waals surface area contributed by atoms with Gasteiger partial charge in [-0.15, -0.1) is 0 Å². The molecule has 3 aromatic rings. The van der Waals surface area contributed by atoms with E-state index < -0.39 is 0 Å². The summed E-state index contributed by atoms with van der Waals surface area (Å²) in [7, 11) is 2.21. The molecular formula is C19H22N4S. The van der Waals surface area contributed by atoms with Crippen molar-refractivity contribution in [1.82, 2.24) is 14.9 Å². The molecule has 24 heavy (non-hydrogen) atoms. The van der Waals surface area contributed by atoms with E-state index in [0.717, 1.165) is 47.7 Å². The van der Waals surface area contributed by atoms with E-state index in [9.17, 15) is 0 Å². The van der Waals surface area contributed by atoms with Gasteiger partial charge in [-0.1, -0.05) is 19.1 Å². The van der Waals surface area contributed by atoms with Crippen molar-refractivity contribution in [1.29, 1.82) is 0 Å². The lowest BCUT2D eigenvalue weighted by atomic mass is 10.2. The molecule has 1 aromatic carbocycles. The topological polar surface area (TPSA) is 32.3 Å². The van der Waals surface area contributed by atoms with Crippen molar-refractivity contribution in [3.8, 4) is 11.4 Å². The lowest BCUT2D eigenvalue weighted by Crippen LogP contribution is -2.34. The van der Waals surface area contributed by atoms with Gasteiger partial charge >= 0.3 is 0 Å². The monoisotopic (exact) mass is 338 g/mol. The van der Waals surface area contributed by atoms with Crippen LogP contribution in [0.25, 0.3) is 22.3 Å². The second-order valence-electron chi connectivity index (χ2n) is 6.36. The number of nitrogens with zero attached hydrogens (tertiary/aromatic N) is 4. The largest absolute Gasteiger partial charge is 0.354 e. The van der Waals surface area contributed by atoms with Gasteiger partial charge < -0.3 is 9.80 Å². The maximum atomic E-state index is 4.95. The Hall–Kier alpha value is -1.98. The first-order valence-corrected chi connectivity index (χ1v) is 9.45. The summed E-state index contributed by atoms with van der Waals surface area (Å²) in [5.74, 6) is 1.91. The van der Waals surface area contributed by atoms with Gasteiger partial charge in [0, 0.05) is 35.5 Å². The normalized spacial score (nSPS) is 18.0. The third kappa shape index (κ3) is 2.78. The van der Waals surface area contributed by atoms with Crippen LogP contribution >= 0.6 is 11.3 Å². The van der Waals surface area contributed by atoms with Crippen molar-refractivity contribution in [3.05, 3.63) is 41.1 Å². The predicted octanol–water partition coefficient (Wildman–Crippen LogP) is 3.89. The number of thiophene rings is 1. The molecule has 1 atom stereocenters. The van der Waals surface area contributed by atoms with E-state index in [2.05, 4.69) is 58.8 Å². The molecule has 5 heteroatoms. The Morgan fingerprint density at radius 2 is 2.12 bits per heavy atom. The molecule has 2 aromatic heterocycles. The third-order valence-corrected chi connectivity index (χ3v) is 5.63. The van der Waals surface area contributed by atoms with Crippen LogP contribution in [0.3, 0.4) is 0 Å². The smallest absolute Gasteiger partial charge is 0.162 e. The van der Waals surface area contributed by atoms with E-state index in [0.29, 0.717) is 6.04 Å². The Bertz CT molecular complexity index is 831. The summed E-state index contributed by atoms with van der Waals surface area (Å²) in [6.07, 6.45) is 1.19. The molecule has 1 fully saturated rings.